The SMILES string of the molecule is COc1ccccc1CN(CCO)C(=O)NCc1ccc(C)cc1. The fourth-order valence-corrected chi connectivity index (χ4v) is 2.41. The normalized spacial score (nSPS) is 10.3. The third-order valence-electron chi connectivity index (χ3n) is 3.78. The van der Waals surface area contributed by atoms with Crippen LogP contribution in [-0.2, 0) is 13.1 Å². The third-order valence-corrected chi connectivity index (χ3v) is 3.78. The summed E-state index contributed by atoms with van der Waals surface area (Å²) < 4.78 is 5.32. The van der Waals surface area contributed by atoms with Gasteiger partial charge in [0.05, 0.1) is 20.3 Å². The second-order valence-electron chi connectivity index (χ2n) is 5.60. The Labute approximate surface area is 142 Å². The van der Waals surface area contributed by atoms with Gasteiger partial charge in [0.2, 0.25) is 0 Å². The summed E-state index contributed by atoms with van der Waals surface area (Å²) in [4.78, 5) is 14.0. The molecule has 0 aliphatic carbocycles. The average molecular weight is 328 g/mol. The molecule has 0 aromatic heterocycles. The van der Waals surface area contributed by atoms with Crippen molar-refractivity contribution in [2.75, 3.05) is 20.3 Å². The molecule has 0 aliphatic rings. The summed E-state index contributed by atoms with van der Waals surface area (Å²) in [6.45, 7) is 3.03. The number of ether oxygens (including phenoxy) is 1. The first-order valence-corrected chi connectivity index (χ1v) is 7.95. The Morgan fingerprint density at radius 2 is 1.88 bits per heavy atom. The van der Waals surface area contributed by atoms with Crippen LogP contribution >= 0.6 is 0 Å². The molecule has 0 spiro atoms. The molecule has 2 aromatic carbocycles. The maximum Gasteiger partial charge on any atom is 0.318 e. The number of carbonyl (C=O) groups excluding carboxylic acids is 1. The van der Waals surface area contributed by atoms with Gasteiger partial charge < -0.3 is 20.1 Å². The fraction of sp³-hybridized carbons (Fsp3) is 0.316. The maximum absolute atomic E-state index is 12.4. The molecule has 0 bridgehead atoms. The largest absolute Gasteiger partial charge is 0.496 e. The second kappa shape index (κ2) is 8.93. The van der Waals surface area contributed by atoms with E-state index in [9.17, 15) is 9.90 Å². The smallest absolute Gasteiger partial charge is 0.318 e. The van der Waals surface area contributed by atoms with Crippen LogP contribution in [0.15, 0.2) is 48.5 Å². The van der Waals surface area contributed by atoms with E-state index in [1.165, 1.54) is 5.56 Å². The summed E-state index contributed by atoms with van der Waals surface area (Å²) >= 11 is 0. The van der Waals surface area contributed by atoms with Crippen LogP contribution in [0.3, 0.4) is 0 Å². The van der Waals surface area contributed by atoms with Crippen molar-refractivity contribution < 1.29 is 14.6 Å². The Morgan fingerprint density at radius 3 is 2.54 bits per heavy atom. The van der Waals surface area contributed by atoms with Gasteiger partial charge in [-0.05, 0) is 18.6 Å². The molecule has 128 valence electrons. The lowest BCUT2D eigenvalue weighted by molar-refractivity contribution is 0.173. The number of aryl methyl sites for hydroxylation is 1. The molecule has 0 fully saturated rings. The summed E-state index contributed by atoms with van der Waals surface area (Å²) in [5.41, 5.74) is 3.12. The second-order valence-corrected chi connectivity index (χ2v) is 5.60. The number of aliphatic hydroxyl groups excluding tert-OH is 1. The lowest BCUT2D eigenvalue weighted by atomic mass is 10.1. The molecule has 0 unspecified atom stereocenters. The van der Waals surface area contributed by atoms with Crippen LogP contribution in [-0.4, -0.2) is 36.3 Å². The number of amides is 2. The van der Waals surface area contributed by atoms with Crippen LogP contribution in [0.5, 0.6) is 5.75 Å². The van der Waals surface area contributed by atoms with E-state index in [0.29, 0.717) is 13.1 Å². The number of urea groups is 1. The molecule has 24 heavy (non-hydrogen) atoms. The first kappa shape index (κ1) is 17.8. The van der Waals surface area contributed by atoms with Gasteiger partial charge in [-0.1, -0.05) is 48.0 Å². The van der Waals surface area contributed by atoms with Crippen LogP contribution in [0.25, 0.3) is 0 Å². The van der Waals surface area contributed by atoms with Crippen molar-refractivity contribution >= 4 is 6.03 Å². The highest BCUT2D eigenvalue weighted by Gasteiger charge is 2.15. The molecule has 5 heteroatoms. The number of rotatable bonds is 7. The van der Waals surface area contributed by atoms with Gasteiger partial charge in [0.1, 0.15) is 5.75 Å². The molecule has 2 aromatic rings. The number of hydrogen-bond acceptors (Lipinski definition) is 3. The summed E-state index contributed by atoms with van der Waals surface area (Å²) in [6, 6.07) is 15.4. The van der Waals surface area contributed by atoms with Gasteiger partial charge in [-0.2, -0.15) is 0 Å². The van der Waals surface area contributed by atoms with Crippen LogP contribution in [0, 0.1) is 6.92 Å². The monoisotopic (exact) mass is 328 g/mol. The number of para-hydroxylation sites is 1. The third kappa shape index (κ3) is 4.99. The molecule has 2 amide bonds. The molecule has 5 nitrogen and oxygen atoms in total. The van der Waals surface area contributed by atoms with Gasteiger partial charge in [-0.3, -0.25) is 0 Å². The number of nitrogens with one attached hydrogen (secondary N) is 1. The zero-order chi connectivity index (χ0) is 17.4. The zero-order valence-electron chi connectivity index (χ0n) is 14.2. The molecule has 0 saturated heterocycles. The molecule has 0 heterocycles. The number of methoxy groups -OCH3 is 1. The highest BCUT2D eigenvalue weighted by atomic mass is 16.5. The van der Waals surface area contributed by atoms with Crippen LogP contribution in [0.2, 0.25) is 0 Å². The minimum Gasteiger partial charge on any atom is -0.496 e. The van der Waals surface area contributed by atoms with E-state index in [2.05, 4.69) is 5.32 Å². The lowest BCUT2D eigenvalue weighted by Gasteiger charge is -2.23. The van der Waals surface area contributed by atoms with E-state index in [0.717, 1.165) is 16.9 Å². The van der Waals surface area contributed by atoms with E-state index >= 15 is 0 Å². The molecular formula is C19H24N2O3. The Hall–Kier alpha value is -2.53. The van der Waals surface area contributed by atoms with Crippen molar-refractivity contribution in [3.8, 4) is 5.75 Å². The van der Waals surface area contributed by atoms with E-state index < -0.39 is 0 Å². The first-order valence-electron chi connectivity index (χ1n) is 7.95. The van der Waals surface area contributed by atoms with E-state index in [1.807, 2.05) is 55.5 Å². The summed E-state index contributed by atoms with van der Waals surface area (Å²) in [6.07, 6.45) is 0. The molecule has 0 saturated carbocycles. The van der Waals surface area contributed by atoms with Crippen LogP contribution < -0.4 is 10.1 Å². The molecule has 0 radical (unpaired) electrons. The quantitative estimate of drug-likeness (QED) is 0.821. The van der Waals surface area contributed by atoms with Crippen molar-refractivity contribution in [2.45, 2.75) is 20.0 Å². The zero-order valence-corrected chi connectivity index (χ0v) is 14.2. The van der Waals surface area contributed by atoms with Crippen molar-refractivity contribution in [3.05, 3.63) is 65.2 Å². The van der Waals surface area contributed by atoms with Gasteiger partial charge in [-0.25, -0.2) is 4.79 Å². The first-order chi connectivity index (χ1) is 11.6. The number of benzene rings is 2. The molecule has 2 N–H and O–H groups in total. The summed E-state index contributed by atoms with van der Waals surface area (Å²) in [7, 11) is 1.60. The van der Waals surface area contributed by atoms with Gasteiger partial charge >= 0.3 is 6.03 Å². The standard InChI is InChI=1S/C19H24N2O3/c1-15-7-9-16(10-8-15)13-20-19(23)21(11-12-22)14-17-5-3-4-6-18(17)24-2/h3-10,22H,11-14H2,1-2H3,(H,20,23). The lowest BCUT2D eigenvalue weighted by Crippen LogP contribution is -2.40. The van der Waals surface area contributed by atoms with Crippen molar-refractivity contribution in [3.63, 3.8) is 0 Å². The highest BCUT2D eigenvalue weighted by molar-refractivity contribution is 5.74. The van der Waals surface area contributed by atoms with Gasteiger partial charge in [0.25, 0.3) is 0 Å². The predicted octanol–water partition coefficient (Wildman–Crippen LogP) is 2.71. The molecule has 0 atom stereocenters. The Kier molecular flexibility index (Phi) is 6.63. The highest BCUT2D eigenvalue weighted by Crippen LogP contribution is 2.19. The summed E-state index contributed by atoms with van der Waals surface area (Å²) in [5.74, 6) is 0.728. The minimum atomic E-state index is -0.212. The number of hydrogen-bond donors (Lipinski definition) is 2. The maximum atomic E-state index is 12.4. The average Bonchev–Trinajstić information content (AvgIpc) is 2.61. The number of aliphatic hydroxyl groups is 1. The fourth-order valence-electron chi connectivity index (χ4n) is 2.41. The Morgan fingerprint density at radius 1 is 1.17 bits per heavy atom. The Balaban J connectivity index is 2.00. The van der Waals surface area contributed by atoms with Gasteiger partial charge in [0.15, 0.2) is 0 Å². The van der Waals surface area contributed by atoms with E-state index in [-0.39, 0.29) is 19.2 Å². The van der Waals surface area contributed by atoms with Gasteiger partial charge in [0, 0.05) is 18.7 Å². The van der Waals surface area contributed by atoms with E-state index in [4.69, 9.17) is 4.74 Å². The van der Waals surface area contributed by atoms with Crippen molar-refractivity contribution in [2.24, 2.45) is 0 Å². The Bertz CT molecular complexity index is 656. The molecular weight excluding hydrogens is 304 g/mol. The minimum absolute atomic E-state index is 0.0902. The molecule has 0 aliphatic heterocycles. The number of nitrogens with zero attached hydrogens (tertiary/aromatic N) is 1. The topological polar surface area (TPSA) is 61.8 Å². The predicted molar refractivity (Wildman–Crippen MR) is 93.9 cm³/mol. The van der Waals surface area contributed by atoms with E-state index in [1.54, 1.807) is 12.0 Å². The number of carbonyl (C=O) groups is 1. The van der Waals surface area contributed by atoms with Crippen LogP contribution in [0.4, 0.5) is 4.79 Å². The van der Waals surface area contributed by atoms with Gasteiger partial charge in [-0.15, -0.1) is 0 Å². The molecule has 2 rings (SSSR count). The summed E-state index contributed by atoms with van der Waals surface area (Å²) in [5, 5.41) is 12.1. The van der Waals surface area contributed by atoms with Crippen molar-refractivity contribution in [1.29, 1.82) is 0 Å². The van der Waals surface area contributed by atoms with Crippen molar-refractivity contribution in [1.82, 2.24) is 10.2 Å². The van der Waals surface area contributed by atoms with Crippen LogP contribution in [0.1, 0.15) is 16.7 Å².